The van der Waals surface area contributed by atoms with E-state index in [9.17, 15) is 4.79 Å². The van der Waals surface area contributed by atoms with Gasteiger partial charge in [-0.25, -0.2) is 0 Å². The molecular formula is C23H28N2O2. The average Bonchev–Trinajstić information content (AvgIpc) is 3.12. The van der Waals surface area contributed by atoms with Gasteiger partial charge in [0.1, 0.15) is 0 Å². The number of para-hydroxylation sites is 1. The summed E-state index contributed by atoms with van der Waals surface area (Å²) in [6.45, 7) is 5.00. The number of aryl methyl sites for hydroxylation is 1. The van der Waals surface area contributed by atoms with Gasteiger partial charge in [-0.15, -0.1) is 0 Å². The summed E-state index contributed by atoms with van der Waals surface area (Å²) in [5.74, 6) is -0.283. The number of aromatic nitrogens is 1. The monoisotopic (exact) mass is 364 g/mol. The molecule has 2 aromatic carbocycles. The molecule has 0 saturated heterocycles. The summed E-state index contributed by atoms with van der Waals surface area (Å²) in [6.07, 6.45) is 3.65. The molecule has 1 heterocycles. The van der Waals surface area contributed by atoms with Crippen LogP contribution in [0.15, 0.2) is 60.8 Å². The summed E-state index contributed by atoms with van der Waals surface area (Å²) in [5.41, 5.74) is 3.60. The molecule has 4 nitrogen and oxygen atoms in total. The Morgan fingerprint density at radius 3 is 2.63 bits per heavy atom. The molecule has 0 bridgehead atoms. The summed E-state index contributed by atoms with van der Waals surface area (Å²) in [4.78, 5) is 15.8. The van der Waals surface area contributed by atoms with Crippen molar-refractivity contribution in [3.63, 3.8) is 0 Å². The average molecular weight is 364 g/mol. The lowest BCUT2D eigenvalue weighted by molar-refractivity contribution is -0.148. The Labute approximate surface area is 160 Å². The second-order valence-electron chi connectivity index (χ2n) is 6.89. The minimum atomic E-state index is -0.162. The molecule has 142 valence electrons. The van der Waals surface area contributed by atoms with Crippen molar-refractivity contribution in [1.82, 2.24) is 10.3 Å². The van der Waals surface area contributed by atoms with Crippen molar-refractivity contribution in [2.45, 2.75) is 32.7 Å². The number of aromatic amines is 1. The SMILES string of the molecule is CCOC(=O)[C@@H](CCc1c[nH]c2ccccc12)CN[C@@H](C)c1ccccc1. The van der Waals surface area contributed by atoms with Gasteiger partial charge < -0.3 is 15.0 Å². The molecule has 27 heavy (non-hydrogen) atoms. The summed E-state index contributed by atoms with van der Waals surface area (Å²) in [7, 11) is 0. The number of nitrogens with one attached hydrogen (secondary N) is 2. The number of hydrogen-bond acceptors (Lipinski definition) is 3. The van der Waals surface area contributed by atoms with Crippen molar-refractivity contribution in [2.24, 2.45) is 5.92 Å². The molecule has 0 spiro atoms. The van der Waals surface area contributed by atoms with Crippen molar-refractivity contribution in [1.29, 1.82) is 0 Å². The molecule has 2 N–H and O–H groups in total. The topological polar surface area (TPSA) is 54.1 Å². The second-order valence-corrected chi connectivity index (χ2v) is 6.89. The predicted molar refractivity (Wildman–Crippen MR) is 110 cm³/mol. The van der Waals surface area contributed by atoms with Gasteiger partial charge in [-0.05, 0) is 43.9 Å². The fourth-order valence-corrected chi connectivity index (χ4v) is 3.41. The lowest BCUT2D eigenvalue weighted by Crippen LogP contribution is -2.32. The molecule has 0 amide bonds. The maximum Gasteiger partial charge on any atom is 0.310 e. The maximum atomic E-state index is 12.4. The predicted octanol–water partition coefficient (Wildman–Crippen LogP) is 4.63. The van der Waals surface area contributed by atoms with Crippen LogP contribution in [0, 0.1) is 5.92 Å². The highest BCUT2D eigenvalue weighted by atomic mass is 16.5. The first-order valence-electron chi connectivity index (χ1n) is 9.69. The van der Waals surface area contributed by atoms with Gasteiger partial charge >= 0.3 is 5.97 Å². The summed E-state index contributed by atoms with van der Waals surface area (Å²) < 4.78 is 5.31. The van der Waals surface area contributed by atoms with Gasteiger partial charge in [0.15, 0.2) is 0 Å². The molecule has 3 rings (SSSR count). The Morgan fingerprint density at radius 1 is 1.11 bits per heavy atom. The van der Waals surface area contributed by atoms with Gasteiger partial charge in [-0.1, -0.05) is 48.5 Å². The first-order valence-corrected chi connectivity index (χ1v) is 9.69. The normalized spacial score (nSPS) is 13.4. The molecular weight excluding hydrogens is 336 g/mol. The summed E-state index contributed by atoms with van der Waals surface area (Å²) in [6, 6.07) is 18.7. The van der Waals surface area contributed by atoms with E-state index < -0.39 is 0 Å². The third kappa shape index (κ3) is 4.98. The Balaban J connectivity index is 1.63. The van der Waals surface area contributed by atoms with Gasteiger partial charge in [0.25, 0.3) is 0 Å². The summed E-state index contributed by atoms with van der Waals surface area (Å²) >= 11 is 0. The molecule has 0 fully saturated rings. The van der Waals surface area contributed by atoms with Crippen LogP contribution in [0.2, 0.25) is 0 Å². The third-order valence-electron chi connectivity index (χ3n) is 5.03. The summed E-state index contributed by atoms with van der Waals surface area (Å²) in [5, 5.41) is 4.72. The van der Waals surface area contributed by atoms with Crippen LogP contribution in [0.1, 0.15) is 37.4 Å². The standard InChI is InChI=1S/C23H28N2O2/c1-3-27-23(26)20(16-24-17(2)18-9-5-4-6-10-18)14-13-19-15-25-22-12-8-7-11-21(19)22/h4-12,15,17,20,24-25H,3,13-14,16H2,1-2H3/t17-,20-/m0/s1. The highest BCUT2D eigenvalue weighted by molar-refractivity contribution is 5.83. The van der Waals surface area contributed by atoms with Crippen LogP contribution in [0.25, 0.3) is 10.9 Å². The number of benzene rings is 2. The van der Waals surface area contributed by atoms with E-state index in [2.05, 4.69) is 41.5 Å². The maximum absolute atomic E-state index is 12.4. The minimum absolute atomic E-state index is 0.120. The minimum Gasteiger partial charge on any atom is -0.466 e. The number of fused-ring (bicyclic) bond motifs is 1. The third-order valence-corrected chi connectivity index (χ3v) is 5.03. The quantitative estimate of drug-likeness (QED) is 0.544. The van der Waals surface area contributed by atoms with Crippen molar-refractivity contribution in [3.8, 4) is 0 Å². The number of H-pyrrole nitrogens is 1. The second kappa shape index (κ2) is 9.38. The van der Waals surface area contributed by atoms with E-state index in [4.69, 9.17) is 4.74 Å². The molecule has 0 aliphatic rings. The number of rotatable bonds is 9. The zero-order valence-electron chi connectivity index (χ0n) is 16.1. The molecule has 4 heteroatoms. The van der Waals surface area contributed by atoms with E-state index in [1.807, 2.05) is 43.5 Å². The zero-order chi connectivity index (χ0) is 19.1. The van der Waals surface area contributed by atoms with Crippen LogP contribution < -0.4 is 5.32 Å². The number of esters is 1. The van der Waals surface area contributed by atoms with Crippen molar-refractivity contribution in [3.05, 3.63) is 71.9 Å². The molecule has 1 aromatic heterocycles. The zero-order valence-corrected chi connectivity index (χ0v) is 16.1. The Kier molecular flexibility index (Phi) is 6.66. The first kappa shape index (κ1) is 19.2. The van der Waals surface area contributed by atoms with Crippen molar-refractivity contribution < 1.29 is 9.53 Å². The fourth-order valence-electron chi connectivity index (χ4n) is 3.41. The molecule has 3 aromatic rings. The van der Waals surface area contributed by atoms with Gasteiger partial charge in [-0.3, -0.25) is 4.79 Å². The van der Waals surface area contributed by atoms with Crippen LogP contribution in [-0.4, -0.2) is 24.1 Å². The van der Waals surface area contributed by atoms with Gasteiger partial charge in [0.2, 0.25) is 0 Å². The molecule has 2 atom stereocenters. The van der Waals surface area contributed by atoms with E-state index in [1.165, 1.54) is 16.5 Å². The van der Waals surface area contributed by atoms with E-state index in [0.717, 1.165) is 18.4 Å². The highest BCUT2D eigenvalue weighted by Crippen LogP contribution is 2.21. The molecule has 0 aliphatic carbocycles. The fraction of sp³-hybridized carbons (Fsp3) is 0.348. The van der Waals surface area contributed by atoms with E-state index in [-0.39, 0.29) is 17.9 Å². The van der Waals surface area contributed by atoms with Crippen LogP contribution in [0.3, 0.4) is 0 Å². The largest absolute Gasteiger partial charge is 0.466 e. The lowest BCUT2D eigenvalue weighted by atomic mass is 9.98. The van der Waals surface area contributed by atoms with Gasteiger partial charge in [-0.2, -0.15) is 0 Å². The first-order chi connectivity index (χ1) is 13.2. The number of carbonyl (C=O) groups is 1. The number of carbonyl (C=O) groups excluding carboxylic acids is 1. The van der Waals surface area contributed by atoms with Gasteiger partial charge in [0, 0.05) is 29.7 Å². The van der Waals surface area contributed by atoms with Crippen LogP contribution >= 0.6 is 0 Å². The van der Waals surface area contributed by atoms with Crippen LogP contribution in [0.4, 0.5) is 0 Å². The highest BCUT2D eigenvalue weighted by Gasteiger charge is 2.21. The molecule has 0 unspecified atom stereocenters. The Hall–Kier alpha value is -2.59. The number of hydrogen-bond donors (Lipinski definition) is 2. The van der Waals surface area contributed by atoms with E-state index >= 15 is 0 Å². The van der Waals surface area contributed by atoms with Crippen LogP contribution in [-0.2, 0) is 16.0 Å². The lowest BCUT2D eigenvalue weighted by Gasteiger charge is -2.20. The molecule has 0 radical (unpaired) electrons. The Morgan fingerprint density at radius 2 is 1.85 bits per heavy atom. The van der Waals surface area contributed by atoms with E-state index in [0.29, 0.717) is 13.2 Å². The molecule has 0 saturated carbocycles. The van der Waals surface area contributed by atoms with Crippen molar-refractivity contribution >= 4 is 16.9 Å². The van der Waals surface area contributed by atoms with Crippen molar-refractivity contribution in [2.75, 3.05) is 13.2 Å². The van der Waals surface area contributed by atoms with E-state index in [1.54, 1.807) is 0 Å². The smallest absolute Gasteiger partial charge is 0.310 e. The number of ether oxygens (including phenoxy) is 1. The molecule has 0 aliphatic heterocycles. The van der Waals surface area contributed by atoms with Gasteiger partial charge in [0.05, 0.1) is 12.5 Å². The Bertz CT molecular complexity index is 857. The van der Waals surface area contributed by atoms with Crippen LogP contribution in [0.5, 0.6) is 0 Å².